The molecule has 18 heavy (non-hydrogen) atoms. The van der Waals surface area contributed by atoms with Crippen molar-refractivity contribution in [3.8, 4) is 5.88 Å². The predicted octanol–water partition coefficient (Wildman–Crippen LogP) is 3.00. The molecule has 0 unspecified atom stereocenters. The zero-order valence-corrected chi connectivity index (χ0v) is 12.7. The average Bonchev–Trinajstić information content (AvgIpc) is 2.37. The van der Waals surface area contributed by atoms with E-state index in [9.17, 15) is 4.21 Å². The van der Waals surface area contributed by atoms with E-state index in [-0.39, 0.29) is 4.75 Å². The van der Waals surface area contributed by atoms with Crippen LogP contribution in [0.2, 0.25) is 0 Å². The number of nitrogens with zero attached hydrogens (tertiary/aromatic N) is 2. The third-order valence-electron chi connectivity index (χ3n) is 1.76. The van der Waals surface area contributed by atoms with Gasteiger partial charge in [-0.15, -0.1) is 0 Å². The van der Waals surface area contributed by atoms with E-state index in [1.54, 1.807) is 19.2 Å². The van der Waals surface area contributed by atoms with Gasteiger partial charge in [0.05, 0.1) is 23.8 Å². The summed E-state index contributed by atoms with van der Waals surface area (Å²) >= 11 is 0. The Morgan fingerprint density at radius 1 is 1.33 bits per heavy atom. The Labute approximate surface area is 112 Å². The highest BCUT2D eigenvalue weighted by Crippen LogP contribution is 2.12. The largest absolute Gasteiger partial charge is 0.481 e. The zero-order chi connectivity index (χ0) is 14.2. The van der Waals surface area contributed by atoms with E-state index in [0.717, 1.165) is 0 Å². The Morgan fingerprint density at radius 2 is 1.94 bits per heavy atom. The van der Waals surface area contributed by atoms with E-state index >= 15 is 0 Å². The molecule has 4 nitrogen and oxygen atoms in total. The molecule has 0 aliphatic rings. The molecule has 0 bridgehead atoms. The summed E-state index contributed by atoms with van der Waals surface area (Å²) in [6.07, 6.45) is 1.50. The molecule has 0 N–H and O–H groups in total. The fourth-order valence-electron chi connectivity index (χ4n) is 0.876. The van der Waals surface area contributed by atoms with Gasteiger partial charge in [0.1, 0.15) is 11.0 Å². The van der Waals surface area contributed by atoms with Crippen molar-refractivity contribution in [2.75, 3.05) is 7.11 Å². The highest BCUT2D eigenvalue weighted by molar-refractivity contribution is 7.85. The Balaban J connectivity index is 0.00000137. The van der Waals surface area contributed by atoms with Crippen LogP contribution < -0.4 is 4.74 Å². The van der Waals surface area contributed by atoms with Crippen molar-refractivity contribution in [2.24, 2.45) is 4.40 Å². The summed E-state index contributed by atoms with van der Waals surface area (Å²) in [6.45, 7) is 9.62. The van der Waals surface area contributed by atoms with Crippen molar-refractivity contribution < 1.29 is 8.95 Å². The minimum absolute atomic E-state index is 0.352. The van der Waals surface area contributed by atoms with E-state index in [2.05, 4.69) is 9.38 Å². The summed E-state index contributed by atoms with van der Waals surface area (Å²) in [5, 5.41) is 0. The highest BCUT2D eigenvalue weighted by atomic mass is 32.2. The second kappa shape index (κ2) is 7.97. The number of hydrogen-bond donors (Lipinski definition) is 0. The fraction of sp³-hybridized carbons (Fsp3) is 0.538. The van der Waals surface area contributed by atoms with Crippen LogP contribution in [-0.4, -0.2) is 27.3 Å². The van der Waals surface area contributed by atoms with Crippen molar-refractivity contribution in [3.05, 3.63) is 23.9 Å². The quantitative estimate of drug-likeness (QED) is 0.793. The number of hydrogen-bond acceptors (Lipinski definition) is 3. The van der Waals surface area contributed by atoms with Gasteiger partial charge in [-0.3, -0.25) is 0 Å². The molecule has 1 heterocycles. The number of pyridine rings is 1. The van der Waals surface area contributed by atoms with Crippen LogP contribution in [0.4, 0.5) is 0 Å². The standard InChI is InChI=1S/C11H16N2O2S.C2H6/c1-11(2,3)16(14)12-8-9-6-5-7-10(13-9)15-4;1-2/h5-8H,1-4H3;1-2H3/b12-8+;/t16-;/m1./s1. The van der Waals surface area contributed by atoms with Gasteiger partial charge in [-0.1, -0.05) is 19.9 Å². The van der Waals surface area contributed by atoms with Crippen LogP contribution in [0.1, 0.15) is 40.3 Å². The van der Waals surface area contributed by atoms with Crippen LogP contribution in [0.25, 0.3) is 0 Å². The van der Waals surface area contributed by atoms with Gasteiger partial charge >= 0.3 is 0 Å². The van der Waals surface area contributed by atoms with E-state index in [0.29, 0.717) is 11.6 Å². The first-order valence-corrected chi connectivity index (χ1v) is 7.01. The smallest absolute Gasteiger partial charge is 0.213 e. The molecule has 0 saturated heterocycles. The molecular weight excluding hydrogens is 248 g/mol. The first-order chi connectivity index (χ1) is 8.43. The summed E-state index contributed by atoms with van der Waals surface area (Å²) in [7, 11) is 0.294. The van der Waals surface area contributed by atoms with Crippen molar-refractivity contribution in [2.45, 2.75) is 39.4 Å². The molecule has 0 saturated carbocycles. The van der Waals surface area contributed by atoms with E-state index in [4.69, 9.17) is 4.74 Å². The first-order valence-electron chi connectivity index (χ1n) is 5.90. The van der Waals surface area contributed by atoms with Gasteiger partial charge in [0, 0.05) is 6.07 Å². The Kier molecular flexibility index (Phi) is 7.43. The Bertz CT molecular complexity index is 412. The van der Waals surface area contributed by atoms with Crippen LogP contribution in [0.3, 0.4) is 0 Å². The molecule has 102 valence electrons. The normalized spacial score (nSPS) is 12.8. The number of ether oxygens (including phenoxy) is 1. The maximum atomic E-state index is 11.6. The fourth-order valence-corrected chi connectivity index (χ4v) is 1.40. The lowest BCUT2D eigenvalue weighted by Crippen LogP contribution is -2.19. The molecule has 1 atom stereocenters. The lowest BCUT2D eigenvalue weighted by molar-refractivity contribution is 0.397. The maximum absolute atomic E-state index is 11.6. The summed E-state index contributed by atoms with van der Waals surface area (Å²) in [4.78, 5) is 4.14. The molecule has 1 aromatic heterocycles. The number of methoxy groups -OCH3 is 1. The molecule has 0 spiro atoms. The summed E-state index contributed by atoms with van der Waals surface area (Å²) in [6, 6.07) is 5.34. The van der Waals surface area contributed by atoms with Crippen LogP contribution in [0.15, 0.2) is 22.6 Å². The van der Waals surface area contributed by atoms with Crippen LogP contribution in [0.5, 0.6) is 5.88 Å². The molecule has 1 rings (SSSR count). The molecule has 0 amide bonds. The zero-order valence-electron chi connectivity index (χ0n) is 11.9. The maximum Gasteiger partial charge on any atom is 0.213 e. The van der Waals surface area contributed by atoms with Crippen LogP contribution >= 0.6 is 0 Å². The number of rotatable bonds is 3. The van der Waals surface area contributed by atoms with E-state index in [1.165, 1.54) is 6.21 Å². The van der Waals surface area contributed by atoms with E-state index < -0.39 is 11.0 Å². The van der Waals surface area contributed by atoms with Gasteiger partial charge in [-0.2, -0.15) is 4.40 Å². The average molecular weight is 270 g/mol. The molecule has 0 aliphatic carbocycles. The van der Waals surface area contributed by atoms with Gasteiger partial charge in [0.15, 0.2) is 0 Å². The molecule has 5 heteroatoms. The Morgan fingerprint density at radius 3 is 2.44 bits per heavy atom. The number of aromatic nitrogens is 1. The topological polar surface area (TPSA) is 51.5 Å². The summed E-state index contributed by atoms with van der Waals surface area (Å²) in [5.74, 6) is 0.519. The lowest BCUT2D eigenvalue weighted by atomic mass is 10.3. The second-order valence-electron chi connectivity index (χ2n) is 4.20. The first kappa shape index (κ1) is 16.8. The highest BCUT2D eigenvalue weighted by Gasteiger charge is 2.18. The Hall–Kier alpha value is -1.23. The van der Waals surface area contributed by atoms with Crippen molar-refractivity contribution >= 4 is 17.2 Å². The predicted molar refractivity (Wildman–Crippen MR) is 77.6 cm³/mol. The third kappa shape index (κ3) is 5.91. The summed E-state index contributed by atoms with van der Waals surface area (Å²) < 4.78 is 20.2. The van der Waals surface area contributed by atoms with Gasteiger partial charge < -0.3 is 4.74 Å². The molecule has 1 aromatic rings. The van der Waals surface area contributed by atoms with Crippen LogP contribution in [-0.2, 0) is 11.0 Å². The lowest BCUT2D eigenvalue weighted by Gasteiger charge is -2.12. The van der Waals surface area contributed by atoms with Crippen LogP contribution in [0, 0.1) is 0 Å². The van der Waals surface area contributed by atoms with Gasteiger partial charge in [-0.05, 0) is 26.8 Å². The van der Waals surface area contributed by atoms with Crippen molar-refractivity contribution in [3.63, 3.8) is 0 Å². The third-order valence-corrected chi connectivity index (χ3v) is 3.10. The molecule has 0 aromatic carbocycles. The van der Waals surface area contributed by atoms with Crippen molar-refractivity contribution in [1.29, 1.82) is 0 Å². The minimum Gasteiger partial charge on any atom is -0.481 e. The minimum atomic E-state index is -1.26. The molecule has 0 fully saturated rings. The molecule has 0 aliphatic heterocycles. The van der Waals surface area contributed by atoms with Gasteiger partial charge in [-0.25, -0.2) is 9.19 Å². The summed E-state index contributed by atoms with van der Waals surface area (Å²) in [5.41, 5.74) is 0.636. The van der Waals surface area contributed by atoms with Gasteiger partial charge in [0.25, 0.3) is 0 Å². The van der Waals surface area contributed by atoms with Crippen molar-refractivity contribution in [1.82, 2.24) is 4.98 Å². The van der Waals surface area contributed by atoms with Gasteiger partial charge in [0.2, 0.25) is 5.88 Å². The monoisotopic (exact) mass is 270 g/mol. The SMILES string of the molecule is CC.COc1cccc(/C=N/[S@](=O)C(C)(C)C)n1. The van der Waals surface area contributed by atoms with E-state index in [1.807, 2.05) is 40.7 Å². The molecule has 0 radical (unpaired) electrons. The molecular formula is C13H22N2O2S. The second-order valence-corrected chi connectivity index (χ2v) is 6.13.